The van der Waals surface area contributed by atoms with Gasteiger partial charge in [0.15, 0.2) is 5.69 Å². The van der Waals surface area contributed by atoms with Crippen LogP contribution in [0.3, 0.4) is 0 Å². The van der Waals surface area contributed by atoms with E-state index < -0.39 is 5.97 Å². The van der Waals surface area contributed by atoms with Crippen LogP contribution in [0.5, 0.6) is 0 Å². The second-order valence-electron chi connectivity index (χ2n) is 7.47. The Kier molecular flexibility index (Phi) is 6.59. The maximum absolute atomic E-state index is 11.9. The molecule has 2 aromatic heterocycles. The third-order valence-corrected chi connectivity index (χ3v) is 6.49. The van der Waals surface area contributed by atoms with Crippen LogP contribution in [0.2, 0.25) is 5.02 Å². The molecule has 0 radical (unpaired) electrons. The summed E-state index contributed by atoms with van der Waals surface area (Å²) in [7, 11) is 0. The van der Waals surface area contributed by atoms with E-state index in [2.05, 4.69) is 11.1 Å². The number of nitriles is 1. The van der Waals surface area contributed by atoms with Crippen molar-refractivity contribution in [1.29, 1.82) is 5.26 Å². The first-order valence-corrected chi connectivity index (χ1v) is 11.6. The summed E-state index contributed by atoms with van der Waals surface area (Å²) in [6.07, 6.45) is 0. The lowest BCUT2D eigenvalue weighted by Crippen LogP contribution is -2.04. The van der Waals surface area contributed by atoms with E-state index in [0.29, 0.717) is 29.4 Å². The monoisotopic (exact) mass is 476 g/mol. The van der Waals surface area contributed by atoms with Gasteiger partial charge in [-0.15, -0.1) is 11.3 Å². The predicted molar refractivity (Wildman–Crippen MR) is 129 cm³/mol. The van der Waals surface area contributed by atoms with E-state index in [0.717, 1.165) is 38.6 Å². The zero-order valence-corrected chi connectivity index (χ0v) is 20.0. The number of hydrogen-bond acceptors (Lipinski definition) is 6. The lowest BCUT2D eigenvalue weighted by atomic mass is 10.0. The van der Waals surface area contributed by atoms with Crippen molar-refractivity contribution in [2.75, 3.05) is 6.61 Å². The molecular weight excluding hydrogens is 456 g/mol. The zero-order valence-electron chi connectivity index (χ0n) is 18.4. The van der Waals surface area contributed by atoms with Gasteiger partial charge in [-0.1, -0.05) is 41.9 Å². The Morgan fingerprint density at radius 1 is 1.18 bits per heavy atom. The quantitative estimate of drug-likeness (QED) is 0.317. The molecule has 0 aliphatic carbocycles. The number of aromatic nitrogens is 3. The molecule has 0 saturated heterocycles. The number of hydrogen-bond donors (Lipinski definition) is 0. The molecule has 2 heterocycles. The third kappa shape index (κ3) is 4.68. The smallest absolute Gasteiger partial charge is 0.357 e. The molecule has 0 saturated carbocycles. The molecule has 0 aliphatic heterocycles. The Bertz CT molecular complexity index is 1370. The first kappa shape index (κ1) is 22.7. The van der Waals surface area contributed by atoms with Crippen molar-refractivity contribution in [3.05, 3.63) is 81.1 Å². The van der Waals surface area contributed by atoms with Crippen LogP contribution in [0.25, 0.3) is 21.7 Å². The van der Waals surface area contributed by atoms with E-state index in [-0.39, 0.29) is 0 Å². The van der Waals surface area contributed by atoms with Gasteiger partial charge in [0, 0.05) is 22.2 Å². The fourth-order valence-corrected chi connectivity index (χ4v) is 4.68. The second kappa shape index (κ2) is 9.57. The van der Waals surface area contributed by atoms with Crippen LogP contribution >= 0.6 is 22.9 Å². The van der Waals surface area contributed by atoms with E-state index in [4.69, 9.17) is 26.7 Å². The molecular formula is C25H21ClN4O2S. The van der Waals surface area contributed by atoms with E-state index in [1.54, 1.807) is 18.4 Å². The van der Waals surface area contributed by atoms with E-state index in [1.165, 1.54) is 11.3 Å². The molecule has 4 aromatic rings. The van der Waals surface area contributed by atoms with Gasteiger partial charge < -0.3 is 4.74 Å². The molecule has 6 nitrogen and oxygen atoms in total. The molecule has 4 rings (SSSR count). The Balaban J connectivity index is 1.55. The van der Waals surface area contributed by atoms with E-state index in [9.17, 15) is 4.79 Å². The number of carbonyl (C=O) groups is 1. The molecule has 166 valence electrons. The third-order valence-electron chi connectivity index (χ3n) is 5.28. The number of halogens is 1. The molecule has 0 atom stereocenters. The van der Waals surface area contributed by atoms with Crippen LogP contribution in [0.15, 0.2) is 47.8 Å². The van der Waals surface area contributed by atoms with Gasteiger partial charge >= 0.3 is 5.97 Å². The van der Waals surface area contributed by atoms with Crippen molar-refractivity contribution >= 4 is 28.9 Å². The minimum absolute atomic E-state index is 0.326. The second-order valence-corrected chi connectivity index (χ2v) is 8.73. The zero-order chi connectivity index (χ0) is 23.5. The summed E-state index contributed by atoms with van der Waals surface area (Å²) in [5.74, 6) is -0.402. The summed E-state index contributed by atoms with van der Waals surface area (Å²) >= 11 is 7.66. The summed E-state index contributed by atoms with van der Waals surface area (Å²) < 4.78 is 6.98. The maximum Gasteiger partial charge on any atom is 0.357 e. The van der Waals surface area contributed by atoms with Gasteiger partial charge in [0.1, 0.15) is 11.1 Å². The van der Waals surface area contributed by atoms with Crippen molar-refractivity contribution in [2.45, 2.75) is 27.3 Å². The summed E-state index contributed by atoms with van der Waals surface area (Å²) in [6, 6.07) is 15.6. The van der Waals surface area contributed by atoms with Crippen LogP contribution in [0, 0.1) is 25.2 Å². The standard InChI is InChI=1S/C25H21ClN4O2S/c1-4-32-25(31)22-14-33-24(28-22)18-7-5-17(6-8-18)13-30-16(3)23(15(2)29-30)19-9-10-20(12-27)21(26)11-19/h5-11,14H,4,13H2,1-3H3. The predicted octanol–water partition coefficient (Wildman–Crippen LogP) is 6.04. The van der Waals surface area contributed by atoms with Gasteiger partial charge in [-0.2, -0.15) is 10.4 Å². The van der Waals surface area contributed by atoms with Crippen molar-refractivity contribution in [1.82, 2.24) is 14.8 Å². The van der Waals surface area contributed by atoms with Crippen molar-refractivity contribution in [2.24, 2.45) is 0 Å². The highest BCUT2D eigenvalue weighted by molar-refractivity contribution is 7.13. The van der Waals surface area contributed by atoms with Crippen molar-refractivity contribution in [3.63, 3.8) is 0 Å². The normalized spacial score (nSPS) is 10.8. The van der Waals surface area contributed by atoms with Gasteiger partial charge in [-0.25, -0.2) is 9.78 Å². The number of nitrogens with zero attached hydrogens (tertiary/aromatic N) is 4. The number of rotatable bonds is 6. The summed E-state index contributed by atoms with van der Waals surface area (Å²) in [5, 5.41) is 16.8. The summed E-state index contributed by atoms with van der Waals surface area (Å²) in [5.41, 5.74) is 6.72. The fourth-order valence-electron chi connectivity index (χ4n) is 3.66. The van der Waals surface area contributed by atoms with Gasteiger partial charge in [-0.3, -0.25) is 4.68 Å². The number of aryl methyl sites for hydroxylation is 1. The Labute approximate surface area is 201 Å². The number of ether oxygens (including phenoxy) is 1. The van der Waals surface area contributed by atoms with Crippen LogP contribution in [-0.4, -0.2) is 27.3 Å². The highest BCUT2D eigenvalue weighted by Crippen LogP contribution is 2.31. The van der Waals surface area contributed by atoms with Gasteiger partial charge in [0.2, 0.25) is 0 Å². The molecule has 8 heteroatoms. The summed E-state index contributed by atoms with van der Waals surface area (Å²) in [4.78, 5) is 16.2. The van der Waals surface area contributed by atoms with E-state index in [1.807, 2.05) is 54.9 Å². The van der Waals surface area contributed by atoms with Gasteiger partial charge in [0.05, 0.1) is 29.4 Å². The topological polar surface area (TPSA) is 80.8 Å². The van der Waals surface area contributed by atoms with Crippen molar-refractivity contribution in [3.8, 4) is 27.8 Å². The number of benzene rings is 2. The van der Waals surface area contributed by atoms with E-state index >= 15 is 0 Å². The highest BCUT2D eigenvalue weighted by Gasteiger charge is 2.16. The Morgan fingerprint density at radius 3 is 2.58 bits per heavy atom. The Hall–Kier alpha value is -3.47. The van der Waals surface area contributed by atoms with Crippen LogP contribution in [0.4, 0.5) is 0 Å². The lowest BCUT2D eigenvalue weighted by molar-refractivity contribution is 0.0520. The first-order valence-electron chi connectivity index (χ1n) is 10.4. The van der Waals surface area contributed by atoms with Crippen molar-refractivity contribution < 1.29 is 9.53 Å². The summed E-state index contributed by atoms with van der Waals surface area (Å²) in [6.45, 7) is 6.71. The molecule has 0 spiro atoms. The molecule has 33 heavy (non-hydrogen) atoms. The molecule has 0 amide bonds. The lowest BCUT2D eigenvalue weighted by Gasteiger charge is -2.07. The SMILES string of the molecule is CCOC(=O)c1csc(-c2ccc(Cn3nc(C)c(-c4ccc(C#N)c(Cl)c4)c3C)cc2)n1. The molecule has 0 unspecified atom stereocenters. The molecule has 0 bridgehead atoms. The fraction of sp³-hybridized carbons (Fsp3) is 0.200. The number of esters is 1. The van der Waals surface area contributed by atoms with Crippen LogP contribution in [-0.2, 0) is 11.3 Å². The molecule has 0 N–H and O–H groups in total. The minimum atomic E-state index is -0.402. The highest BCUT2D eigenvalue weighted by atomic mass is 35.5. The van der Waals surface area contributed by atoms with Crippen LogP contribution < -0.4 is 0 Å². The molecule has 0 fully saturated rings. The first-order chi connectivity index (χ1) is 15.9. The van der Waals surface area contributed by atoms with Gasteiger partial charge in [-0.05, 0) is 44.0 Å². The van der Waals surface area contributed by atoms with Crippen LogP contribution in [0.1, 0.15) is 39.9 Å². The molecule has 2 aromatic carbocycles. The Morgan fingerprint density at radius 2 is 1.91 bits per heavy atom. The number of thiazole rings is 1. The largest absolute Gasteiger partial charge is 0.461 e. The average molecular weight is 477 g/mol. The number of carbonyl (C=O) groups excluding carboxylic acids is 1. The maximum atomic E-state index is 11.9. The molecule has 0 aliphatic rings. The minimum Gasteiger partial charge on any atom is -0.461 e. The van der Waals surface area contributed by atoms with Gasteiger partial charge in [0.25, 0.3) is 0 Å². The average Bonchev–Trinajstić information content (AvgIpc) is 3.40.